The number of hydrogen-bond acceptors (Lipinski definition) is 8. The number of ether oxygens (including phenoxy) is 3. The number of rotatable bonds is 8. The van der Waals surface area contributed by atoms with Crippen LogP contribution in [0.2, 0.25) is 5.02 Å². The lowest BCUT2D eigenvalue weighted by Crippen LogP contribution is -2.60. The largest absolute Gasteiger partial charge is 0.390 e. The van der Waals surface area contributed by atoms with Gasteiger partial charge < -0.3 is 24.2 Å². The topological polar surface area (TPSA) is 112 Å². The van der Waals surface area contributed by atoms with Crippen molar-refractivity contribution in [3.05, 3.63) is 29.3 Å². The lowest BCUT2D eigenvalue weighted by atomic mass is 9.41. The maximum atomic E-state index is 13.0. The van der Waals surface area contributed by atoms with E-state index in [0.717, 1.165) is 32.1 Å². The molecule has 13 atom stereocenters. The summed E-state index contributed by atoms with van der Waals surface area (Å²) in [6.45, 7) is 13.6. The van der Waals surface area contributed by atoms with Gasteiger partial charge in [-0.3, -0.25) is 8.98 Å². The molecule has 1 N–H and O–H groups in total. The molecule has 53 heavy (non-hydrogen) atoms. The van der Waals surface area contributed by atoms with Crippen molar-refractivity contribution in [1.29, 1.82) is 0 Å². The molecule has 1 aromatic rings. The first-order valence-corrected chi connectivity index (χ1v) is 22.4. The number of hydrogen-bond donors (Lipinski definition) is 1. The Morgan fingerprint density at radius 2 is 1.72 bits per heavy atom. The van der Waals surface area contributed by atoms with Crippen molar-refractivity contribution in [2.45, 2.75) is 141 Å². The molecule has 0 aromatic heterocycles. The van der Waals surface area contributed by atoms with E-state index in [9.17, 15) is 18.3 Å². The van der Waals surface area contributed by atoms with Crippen LogP contribution in [0.4, 0.5) is 0 Å². The van der Waals surface area contributed by atoms with Crippen LogP contribution in [0.5, 0.6) is 0 Å². The molecule has 2 saturated heterocycles. The van der Waals surface area contributed by atoms with Gasteiger partial charge in [0.2, 0.25) is 5.91 Å². The van der Waals surface area contributed by atoms with E-state index in [1.807, 2.05) is 4.90 Å². The number of aliphatic hydroxyl groups excluding tert-OH is 1. The maximum absolute atomic E-state index is 13.0. The van der Waals surface area contributed by atoms with Crippen molar-refractivity contribution in [2.24, 2.45) is 56.7 Å². The van der Waals surface area contributed by atoms with Gasteiger partial charge in [0.1, 0.15) is 0 Å². The Balaban J connectivity index is 0.898. The minimum atomic E-state index is -3.97. The molecule has 8 fully saturated rings. The molecule has 1 amide bonds. The second kappa shape index (κ2) is 12.6. The summed E-state index contributed by atoms with van der Waals surface area (Å²) in [7, 11) is -3.97. The fourth-order valence-corrected chi connectivity index (χ4v) is 15.4. The Labute approximate surface area is 321 Å². The highest BCUT2D eigenvalue weighted by atomic mass is 35.5. The Kier molecular flexibility index (Phi) is 8.88. The number of aliphatic hydroxyl groups is 1. The molecule has 2 spiro atoms. The summed E-state index contributed by atoms with van der Waals surface area (Å²) < 4.78 is 51.3. The van der Waals surface area contributed by atoms with Gasteiger partial charge in [0.05, 0.1) is 49.1 Å². The fourth-order valence-electron chi connectivity index (χ4n) is 14.4. The summed E-state index contributed by atoms with van der Waals surface area (Å²) >= 11 is 5.98. The number of fused-ring (bicyclic) bond motifs is 4. The van der Waals surface area contributed by atoms with Gasteiger partial charge in [-0.2, -0.15) is 8.42 Å². The number of amides is 1. The molecular weight excluding hydrogens is 714 g/mol. The third-order valence-corrected chi connectivity index (χ3v) is 18.7. The highest BCUT2D eigenvalue weighted by molar-refractivity contribution is 7.86. The molecule has 0 radical (unpaired) electrons. The van der Waals surface area contributed by atoms with Crippen molar-refractivity contribution in [3.63, 3.8) is 0 Å². The summed E-state index contributed by atoms with van der Waals surface area (Å²) in [4.78, 5) is 15.0. The van der Waals surface area contributed by atoms with E-state index in [1.165, 1.54) is 37.8 Å². The quantitative estimate of drug-likeness (QED) is 0.276. The minimum Gasteiger partial charge on any atom is -0.390 e. The molecule has 2 aliphatic heterocycles. The van der Waals surface area contributed by atoms with Gasteiger partial charge >= 0.3 is 0 Å². The first-order chi connectivity index (χ1) is 25.1. The van der Waals surface area contributed by atoms with E-state index in [4.69, 9.17) is 30.0 Å². The van der Waals surface area contributed by atoms with Gasteiger partial charge in [-0.25, -0.2) is 0 Å². The van der Waals surface area contributed by atoms with Crippen molar-refractivity contribution >= 4 is 27.6 Å². The molecule has 294 valence electrons. The van der Waals surface area contributed by atoms with Crippen LogP contribution in [0, 0.1) is 56.7 Å². The first-order valence-electron chi connectivity index (χ1n) is 20.6. The minimum absolute atomic E-state index is 0.0303. The summed E-state index contributed by atoms with van der Waals surface area (Å²) in [5.74, 6) is 2.23. The fraction of sp³-hybridized carbons (Fsp3) is 0.833. The van der Waals surface area contributed by atoms with Gasteiger partial charge in [0, 0.05) is 23.4 Å². The molecule has 0 bridgehead atoms. The highest BCUT2D eigenvalue weighted by Crippen LogP contribution is 2.89. The smallest absolute Gasteiger partial charge is 0.297 e. The van der Waals surface area contributed by atoms with E-state index in [2.05, 4.69) is 34.6 Å². The van der Waals surface area contributed by atoms with Gasteiger partial charge in [-0.05, 0) is 140 Å². The predicted octanol–water partition coefficient (Wildman–Crippen LogP) is 7.23. The number of morpholine rings is 1. The van der Waals surface area contributed by atoms with Crippen LogP contribution in [0.3, 0.4) is 0 Å². The molecule has 1 aromatic carbocycles. The normalized spacial score (nSPS) is 47.1. The third-order valence-electron chi connectivity index (χ3n) is 17.2. The van der Waals surface area contributed by atoms with Crippen LogP contribution < -0.4 is 0 Å². The molecule has 6 saturated carbocycles. The van der Waals surface area contributed by atoms with Crippen molar-refractivity contribution in [2.75, 3.05) is 26.3 Å². The third kappa shape index (κ3) is 5.52. The number of carbonyl (C=O) groups is 1. The zero-order valence-electron chi connectivity index (χ0n) is 32.2. The summed E-state index contributed by atoms with van der Waals surface area (Å²) in [6, 6.07) is 6.01. The monoisotopic (exact) mass is 773 g/mol. The Bertz CT molecular complexity index is 1720. The summed E-state index contributed by atoms with van der Waals surface area (Å²) in [5.41, 5.74) is 0.0549. The Morgan fingerprint density at radius 1 is 1.00 bits per heavy atom. The molecule has 11 heteroatoms. The zero-order chi connectivity index (χ0) is 37.3. The lowest BCUT2D eigenvalue weighted by Gasteiger charge is -2.64. The van der Waals surface area contributed by atoms with E-state index in [1.54, 1.807) is 12.1 Å². The molecule has 2 heterocycles. The number of halogens is 1. The highest BCUT2D eigenvalue weighted by Gasteiger charge is 2.84. The van der Waals surface area contributed by atoms with E-state index in [-0.39, 0.29) is 74.8 Å². The Morgan fingerprint density at radius 3 is 2.45 bits per heavy atom. The number of carbonyl (C=O) groups excluding carboxylic acids is 1. The Hall–Kier alpha value is -1.27. The van der Waals surface area contributed by atoms with Crippen LogP contribution in [0.15, 0.2) is 29.2 Å². The molecule has 9 nitrogen and oxygen atoms in total. The van der Waals surface area contributed by atoms with Gasteiger partial charge in [-0.15, -0.1) is 0 Å². The molecule has 8 aliphatic rings. The standard InChI is InChI=1S/C42H60ClNO8S/c1-25-20-28(23-50-53(47,48)29-10-8-27(43)9-11-29)51-36-35(25)39(4)16-17-42-24-41(42)15-14-32(38(2,3)30(41)12-13-31(42)40(39,5)37(36)46)52-34-22-44(18-19-49-34)33(45)21-26-6-7-26/h8-11,25-26,28,30-32,34-37,46H,6-7,12-24H2,1-5H3/t25-,28-,30+,31+,32?,34+,35+,36+,37+,39-,40-,41-,42+/m1/s1. The average Bonchev–Trinajstić information content (AvgIpc) is 4.04. The van der Waals surface area contributed by atoms with Crippen LogP contribution in [0.25, 0.3) is 0 Å². The van der Waals surface area contributed by atoms with E-state index < -0.39 is 22.3 Å². The predicted molar refractivity (Wildman–Crippen MR) is 199 cm³/mol. The summed E-state index contributed by atoms with van der Waals surface area (Å²) in [6.07, 6.45) is 9.90. The van der Waals surface area contributed by atoms with E-state index in [0.29, 0.717) is 55.3 Å². The van der Waals surface area contributed by atoms with Crippen LogP contribution in [0.1, 0.15) is 105 Å². The maximum Gasteiger partial charge on any atom is 0.297 e. The second-order valence-electron chi connectivity index (χ2n) is 19.7. The van der Waals surface area contributed by atoms with Gasteiger partial charge in [0.25, 0.3) is 10.1 Å². The van der Waals surface area contributed by atoms with Gasteiger partial charge in [-0.1, -0.05) is 46.2 Å². The molecule has 1 unspecified atom stereocenters. The van der Waals surface area contributed by atoms with Crippen LogP contribution in [-0.4, -0.2) is 81.3 Å². The van der Waals surface area contributed by atoms with E-state index >= 15 is 0 Å². The number of nitrogens with zero attached hydrogens (tertiary/aromatic N) is 1. The van der Waals surface area contributed by atoms with Gasteiger partial charge in [0.15, 0.2) is 6.29 Å². The SMILES string of the molecule is C[C@@H]1C[C@H](COS(=O)(=O)c2ccc(Cl)cc2)O[C@H]2[C@H]1[C@@]1(C)CC[C@@]34C[C@@]35CCC(O[C@H]3CN(C(=O)CC6CC6)CCO3)C(C)(C)[C@@H]5CC[C@H]4[C@]1(C)[C@H]2O. The lowest BCUT2D eigenvalue weighted by molar-refractivity contribution is -0.248. The molecule has 9 rings (SSSR count). The van der Waals surface area contributed by atoms with Crippen LogP contribution in [-0.2, 0) is 33.3 Å². The first kappa shape index (κ1) is 37.3. The average molecular weight is 774 g/mol. The zero-order valence-corrected chi connectivity index (χ0v) is 33.8. The van der Waals surface area contributed by atoms with Crippen LogP contribution >= 0.6 is 11.6 Å². The van der Waals surface area contributed by atoms with Crippen molar-refractivity contribution in [1.82, 2.24) is 4.90 Å². The van der Waals surface area contributed by atoms with Crippen molar-refractivity contribution in [3.8, 4) is 0 Å². The molecule has 6 aliphatic carbocycles. The molecular formula is C42H60ClNO8S. The number of benzene rings is 1. The second-order valence-corrected chi connectivity index (χ2v) is 21.8. The summed E-state index contributed by atoms with van der Waals surface area (Å²) in [5, 5.41) is 13.0. The van der Waals surface area contributed by atoms with Crippen molar-refractivity contribution < 1.29 is 36.7 Å².